The molecule has 34 heavy (non-hydrogen) atoms. The van der Waals surface area contributed by atoms with E-state index in [1.165, 1.54) is 4.31 Å². The van der Waals surface area contributed by atoms with Gasteiger partial charge >= 0.3 is 0 Å². The summed E-state index contributed by atoms with van der Waals surface area (Å²) in [5, 5.41) is 7.07. The van der Waals surface area contributed by atoms with Crippen LogP contribution in [0.15, 0.2) is 57.9 Å². The Bertz CT molecular complexity index is 1250. The lowest BCUT2D eigenvalue weighted by Crippen LogP contribution is -2.37. The summed E-state index contributed by atoms with van der Waals surface area (Å²) >= 11 is 0. The third kappa shape index (κ3) is 4.78. The first-order valence-corrected chi connectivity index (χ1v) is 12.5. The molecule has 1 fully saturated rings. The predicted molar refractivity (Wildman–Crippen MR) is 128 cm³/mol. The Morgan fingerprint density at radius 1 is 1.03 bits per heavy atom. The van der Waals surface area contributed by atoms with Crippen molar-refractivity contribution in [3.8, 4) is 5.75 Å². The number of methoxy groups -OCH3 is 1. The molecular weight excluding hydrogens is 456 g/mol. The maximum Gasteiger partial charge on any atom is 0.256 e. The molecule has 2 heterocycles. The molecule has 1 aromatic heterocycles. The second-order valence-electron chi connectivity index (χ2n) is 8.10. The van der Waals surface area contributed by atoms with Crippen molar-refractivity contribution in [3.63, 3.8) is 0 Å². The summed E-state index contributed by atoms with van der Waals surface area (Å²) in [6, 6.07) is 14.8. The molecule has 0 radical (unpaired) electrons. The molecular formula is C24H28N4O5S. The molecule has 180 valence electrons. The first kappa shape index (κ1) is 23.8. The number of hydrogen-bond donors (Lipinski definition) is 1. The highest BCUT2D eigenvalue weighted by Crippen LogP contribution is 2.26. The van der Waals surface area contributed by atoms with Gasteiger partial charge in [0.25, 0.3) is 5.91 Å². The maximum absolute atomic E-state index is 13.4. The Morgan fingerprint density at radius 2 is 1.76 bits per heavy atom. The third-order valence-corrected chi connectivity index (χ3v) is 7.98. The highest BCUT2D eigenvalue weighted by Gasteiger charge is 2.33. The van der Waals surface area contributed by atoms with Crippen LogP contribution in [0.25, 0.3) is 0 Å². The average molecular weight is 485 g/mol. The maximum atomic E-state index is 13.4. The molecule has 10 heteroatoms. The van der Waals surface area contributed by atoms with Crippen LogP contribution in [-0.4, -0.2) is 62.0 Å². The number of hydrogen-bond acceptors (Lipinski definition) is 7. The van der Waals surface area contributed by atoms with E-state index >= 15 is 0 Å². The first-order valence-electron chi connectivity index (χ1n) is 11.0. The van der Waals surface area contributed by atoms with Gasteiger partial charge in [0.2, 0.25) is 10.0 Å². The topological polar surface area (TPSA) is 105 Å². The third-order valence-electron chi connectivity index (χ3n) is 5.83. The van der Waals surface area contributed by atoms with Crippen LogP contribution in [0.4, 0.5) is 11.4 Å². The van der Waals surface area contributed by atoms with E-state index in [-0.39, 0.29) is 29.7 Å². The number of sulfonamides is 1. The Kier molecular flexibility index (Phi) is 6.90. The van der Waals surface area contributed by atoms with Crippen LogP contribution >= 0.6 is 0 Å². The van der Waals surface area contributed by atoms with E-state index in [9.17, 15) is 13.2 Å². The van der Waals surface area contributed by atoms with E-state index in [0.717, 1.165) is 11.4 Å². The number of aromatic nitrogens is 1. The van der Waals surface area contributed by atoms with E-state index < -0.39 is 10.0 Å². The molecule has 1 aliphatic heterocycles. The molecule has 1 amide bonds. The van der Waals surface area contributed by atoms with Crippen molar-refractivity contribution >= 4 is 27.3 Å². The highest BCUT2D eigenvalue weighted by atomic mass is 32.2. The highest BCUT2D eigenvalue weighted by molar-refractivity contribution is 7.89. The zero-order valence-corrected chi connectivity index (χ0v) is 20.3. The van der Waals surface area contributed by atoms with Crippen molar-refractivity contribution in [1.82, 2.24) is 14.4 Å². The number of aryl methyl sites for hydroxylation is 2. The second-order valence-corrected chi connectivity index (χ2v) is 9.98. The van der Waals surface area contributed by atoms with Gasteiger partial charge < -0.3 is 19.5 Å². The predicted octanol–water partition coefficient (Wildman–Crippen LogP) is 3.58. The SMILES string of the molecule is COc1ccc(Nc2ccccc2C(=O)N2CCCN(S(=O)(=O)c3c(C)noc3C)CC2)cc1. The number of rotatable bonds is 6. The largest absolute Gasteiger partial charge is 0.497 e. The van der Waals surface area contributed by atoms with Crippen molar-refractivity contribution in [3.05, 3.63) is 65.5 Å². The average Bonchev–Trinajstić information content (AvgIpc) is 3.02. The van der Waals surface area contributed by atoms with Crippen LogP contribution in [0.5, 0.6) is 5.75 Å². The molecule has 9 nitrogen and oxygen atoms in total. The van der Waals surface area contributed by atoms with Gasteiger partial charge in [-0.05, 0) is 56.7 Å². The normalized spacial score (nSPS) is 15.1. The first-order chi connectivity index (χ1) is 16.3. The van der Waals surface area contributed by atoms with Gasteiger partial charge in [-0.2, -0.15) is 4.31 Å². The van der Waals surface area contributed by atoms with Gasteiger partial charge in [-0.1, -0.05) is 17.3 Å². The number of nitrogens with zero attached hydrogens (tertiary/aromatic N) is 3. The molecule has 1 saturated heterocycles. The summed E-state index contributed by atoms with van der Waals surface area (Å²) in [7, 11) is -2.15. The lowest BCUT2D eigenvalue weighted by molar-refractivity contribution is 0.0765. The summed E-state index contributed by atoms with van der Waals surface area (Å²) in [6.45, 7) is 4.48. The number of para-hydroxylation sites is 1. The number of carbonyl (C=O) groups excluding carboxylic acids is 1. The number of benzene rings is 2. The zero-order valence-electron chi connectivity index (χ0n) is 19.4. The Hall–Kier alpha value is -3.37. The number of nitrogens with one attached hydrogen (secondary N) is 1. The summed E-state index contributed by atoms with van der Waals surface area (Å²) in [5.74, 6) is 0.872. The molecule has 3 aromatic rings. The minimum atomic E-state index is -3.76. The van der Waals surface area contributed by atoms with Crippen LogP contribution in [-0.2, 0) is 10.0 Å². The van der Waals surface area contributed by atoms with Crippen molar-refractivity contribution in [2.75, 3.05) is 38.6 Å². The van der Waals surface area contributed by atoms with E-state index in [4.69, 9.17) is 9.26 Å². The monoisotopic (exact) mass is 484 g/mol. The fourth-order valence-corrected chi connectivity index (χ4v) is 5.85. The Labute approximate surface area is 199 Å². The Balaban J connectivity index is 1.50. The van der Waals surface area contributed by atoms with E-state index in [1.54, 1.807) is 31.9 Å². The number of anilines is 2. The van der Waals surface area contributed by atoms with Crippen LogP contribution < -0.4 is 10.1 Å². The molecule has 0 unspecified atom stereocenters. The minimum Gasteiger partial charge on any atom is -0.497 e. The molecule has 4 rings (SSSR count). The van der Waals surface area contributed by atoms with Crippen LogP contribution in [0.2, 0.25) is 0 Å². The standard InChI is InChI=1S/C24H28N4O5S/c1-17-23(18(2)33-26-17)34(30,31)28-14-6-13-27(15-16-28)24(29)21-7-4-5-8-22(21)25-19-9-11-20(32-3)12-10-19/h4-5,7-12,25H,6,13-16H2,1-3H3. The van der Waals surface area contributed by atoms with Gasteiger partial charge in [0.15, 0.2) is 5.76 Å². The number of amides is 1. The molecule has 0 bridgehead atoms. The van der Waals surface area contributed by atoms with Gasteiger partial charge in [-0.3, -0.25) is 4.79 Å². The van der Waals surface area contributed by atoms with E-state index in [1.807, 2.05) is 42.5 Å². The minimum absolute atomic E-state index is 0.112. The van der Waals surface area contributed by atoms with E-state index in [2.05, 4.69) is 10.5 Å². The zero-order chi connectivity index (χ0) is 24.3. The summed E-state index contributed by atoms with van der Waals surface area (Å²) in [5.41, 5.74) is 2.38. The fourth-order valence-electron chi connectivity index (χ4n) is 4.09. The van der Waals surface area contributed by atoms with Crippen LogP contribution in [0.3, 0.4) is 0 Å². The van der Waals surface area contributed by atoms with Gasteiger partial charge in [0.05, 0.1) is 18.4 Å². The lowest BCUT2D eigenvalue weighted by Gasteiger charge is -2.23. The smallest absolute Gasteiger partial charge is 0.256 e. The molecule has 0 spiro atoms. The summed E-state index contributed by atoms with van der Waals surface area (Å²) < 4.78 is 38.1. The molecule has 1 N–H and O–H groups in total. The molecule has 0 atom stereocenters. The van der Waals surface area contributed by atoms with Crippen molar-refractivity contribution < 1.29 is 22.5 Å². The van der Waals surface area contributed by atoms with Crippen LogP contribution in [0.1, 0.15) is 28.2 Å². The summed E-state index contributed by atoms with van der Waals surface area (Å²) in [4.78, 5) is 15.2. The lowest BCUT2D eigenvalue weighted by atomic mass is 10.1. The van der Waals surface area contributed by atoms with Crippen molar-refractivity contribution in [2.24, 2.45) is 0 Å². The van der Waals surface area contributed by atoms with Crippen molar-refractivity contribution in [1.29, 1.82) is 0 Å². The molecule has 0 aliphatic carbocycles. The fraction of sp³-hybridized carbons (Fsp3) is 0.333. The quantitative estimate of drug-likeness (QED) is 0.570. The van der Waals surface area contributed by atoms with Gasteiger partial charge in [-0.15, -0.1) is 0 Å². The van der Waals surface area contributed by atoms with Gasteiger partial charge in [-0.25, -0.2) is 8.42 Å². The van der Waals surface area contributed by atoms with Gasteiger partial charge in [0.1, 0.15) is 16.3 Å². The Morgan fingerprint density at radius 3 is 2.44 bits per heavy atom. The van der Waals surface area contributed by atoms with E-state index in [0.29, 0.717) is 36.5 Å². The molecule has 0 saturated carbocycles. The number of carbonyl (C=O) groups is 1. The molecule has 1 aliphatic rings. The summed E-state index contributed by atoms with van der Waals surface area (Å²) in [6.07, 6.45) is 0.530. The van der Waals surface area contributed by atoms with Crippen molar-refractivity contribution in [2.45, 2.75) is 25.2 Å². The van der Waals surface area contributed by atoms with Crippen LogP contribution in [0, 0.1) is 13.8 Å². The van der Waals surface area contributed by atoms with Gasteiger partial charge in [0, 0.05) is 31.9 Å². The molecule has 2 aromatic carbocycles. The number of ether oxygens (including phenoxy) is 1. The second kappa shape index (κ2) is 9.86.